The second-order valence-electron chi connectivity index (χ2n) is 5.13. The van der Waals surface area contributed by atoms with Crippen molar-refractivity contribution in [2.75, 3.05) is 7.05 Å². The standard InChI is InChI=1S/C10H15N3O2/c1-8(2)9(3)6(14)13(5)7(15)10(9,4)12-11-8/h1-5H3. The van der Waals surface area contributed by atoms with Crippen LogP contribution in [0.1, 0.15) is 27.7 Å². The van der Waals surface area contributed by atoms with Gasteiger partial charge < -0.3 is 0 Å². The van der Waals surface area contributed by atoms with Crippen LogP contribution in [-0.2, 0) is 9.59 Å². The third-order valence-corrected chi connectivity index (χ3v) is 4.15. The zero-order valence-corrected chi connectivity index (χ0v) is 9.66. The van der Waals surface area contributed by atoms with Crippen LogP contribution in [0.25, 0.3) is 0 Å². The zero-order chi connectivity index (χ0) is 11.6. The minimum Gasteiger partial charge on any atom is -0.283 e. The lowest BCUT2D eigenvalue weighted by molar-refractivity contribution is -0.140. The molecule has 2 rings (SSSR count). The average molecular weight is 209 g/mol. The minimum absolute atomic E-state index is 0.190. The van der Waals surface area contributed by atoms with E-state index in [0.717, 1.165) is 0 Å². The molecule has 0 aromatic heterocycles. The molecule has 0 saturated carbocycles. The first-order valence-electron chi connectivity index (χ1n) is 4.95. The highest BCUT2D eigenvalue weighted by Crippen LogP contribution is 2.56. The Hall–Kier alpha value is -1.26. The molecule has 2 atom stereocenters. The summed E-state index contributed by atoms with van der Waals surface area (Å²) in [6.07, 6.45) is 0. The Balaban J connectivity index is 2.70. The Morgan fingerprint density at radius 1 is 1.00 bits per heavy atom. The van der Waals surface area contributed by atoms with Gasteiger partial charge in [0, 0.05) is 7.05 Å². The Labute approximate surface area is 88.5 Å². The van der Waals surface area contributed by atoms with E-state index in [4.69, 9.17) is 0 Å². The van der Waals surface area contributed by atoms with Crippen molar-refractivity contribution in [2.45, 2.75) is 38.8 Å². The summed E-state index contributed by atoms with van der Waals surface area (Å²) in [6, 6.07) is 0. The largest absolute Gasteiger partial charge is 0.283 e. The van der Waals surface area contributed by atoms with Crippen LogP contribution in [0.3, 0.4) is 0 Å². The molecule has 15 heavy (non-hydrogen) atoms. The molecule has 2 aliphatic heterocycles. The molecule has 1 fully saturated rings. The molecule has 0 N–H and O–H groups in total. The Bertz CT molecular complexity index is 401. The van der Waals surface area contributed by atoms with Crippen LogP contribution in [0.4, 0.5) is 0 Å². The Morgan fingerprint density at radius 3 is 2.00 bits per heavy atom. The van der Waals surface area contributed by atoms with Gasteiger partial charge in [0.15, 0.2) is 5.54 Å². The third kappa shape index (κ3) is 0.768. The normalized spacial score (nSPS) is 42.6. The molecule has 5 nitrogen and oxygen atoms in total. The molecule has 1 saturated heterocycles. The molecule has 0 aromatic rings. The van der Waals surface area contributed by atoms with Crippen molar-refractivity contribution in [3.63, 3.8) is 0 Å². The molecule has 5 heteroatoms. The van der Waals surface area contributed by atoms with Gasteiger partial charge in [-0.15, -0.1) is 0 Å². The highest BCUT2D eigenvalue weighted by molar-refractivity contribution is 6.12. The summed E-state index contributed by atoms with van der Waals surface area (Å²) >= 11 is 0. The van der Waals surface area contributed by atoms with Crippen molar-refractivity contribution in [1.29, 1.82) is 0 Å². The molecule has 2 unspecified atom stereocenters. The summed E-state index contributed by atoms with van der Waals surface area (Å²) in [5, 5.41) is 8.14. The maximum absolute atomic E-state index is 12.1. The molecular weight excluding hydrogens is 194 g/mol. The quantitative estimate of drug-likeness (QED) is 0.558. The van der Waals surface area contributed by atoms with Crippen molar-refractivity contribution < 1.29 is 9.59 Å². The molecule has 2 amide bonds. The van der Waals surface area contributed by atoms with E-state index in [-0.39, 0.29) is 11.8 Å². The van der Waals surface area contributed by atoms with Crippen molar-refractivity contribution in [1.82, 2.24) is 4.90 Å². The SMILES string of the molecule is CN1C(=O)C2(C)N=NC(C)(C)C2(C)C1=O. The highest BCUT2D eigenvalue weighted by atomic mass is 16.2. The van der Waals surface area contributed by atoms with Crippen LogP contribution in [0, 0.1) is 5.41 Å². The van der Waals surface area contributed by atoms with E-state index in [2.05, 4.69) is 10.2 Å². The molecule has 0 radical (unpaired) electrons. The number of carbonyl (C=O) groups excluding carboxylic acids is 2. The van der Waals surface area contributed by atoms with Crippen molar-refractivity contribution in [3.05, 3.63) is 0 Å². The van der Waals surface area contributed by atoms with Crippen molar-refractivity contribution in [2.24, 2.45) is 15.6 Å². The first kappa shape index (κ1) is 10.3. The number of rotatable bonds is 0. The first-order valence-corrected chi connectivity index (χ1v) is 4.95. The van der Waals surface area contributed by atoms with E-state index >= 15 is 0 Å². The number of likely N-dealkylation sites (N-methyl/N-ethyl adjacent to an activating group) is 1. The van der Waals surface area contributed by atoms with Gasteiger partial charge in [-0.25, -0.2) is 0 Å². The van der Waals surface area contributed by atoms with Crippen molar-refractivity contribution in [3.8, 4) is 0 Å². The summed E-state index contributed by atoms with van der Waals surface area (Å²) in [4.78, 5) is 25.3. The number of fused-ring (bicyclic) bond motifs is 1. The second kappa shape index (κ2) is 2.28. The summed E-state index contributed by atoms with van der Waals surface area (Å²) in [5.41, 5.74) is -2.51. The van der Waals surface area contributed by atoms with Gasteiger partial charge in [0.1, 0.15) is 5.41 Å². The molecule has 0 bridgehead atoms. The van der Waals surface area contributed by atoms with Crippen LogP contribution >= 0.6 is 0 Å². The number of hydrogen-bond acceptors (Lipinski definition) is 4. The van der Waals surface area contributed by atoms with E-state index in [0.29, 0.717) is 0 Å². The van der Waals surface area contributed by atoms with E-state index in [1.54, 1.807) is 13.8 Å². The second-order valence-corrected chi connectivity index (χ2v) is 5.13. The summed E-state index contributed by atoms with van der Waals surface area (Å²) in [7, 11) is 1.51. The smallest absolute Gasteiger partial charge is 0.259 e. The van der Waals surface area contributed by atoms with Gasteiger partial charge in [-0.3, -0.25) is 14.5 Å². The zero-order valence-electron chi connectivity index (χ0n) is 9.66. The fourth-order valence-corrected chi connectivity index (χ4v) is 2.50. The Morgan fingerprint density at radius 2 is 1.53 bits per heavy atom. The number of nitrogens with zero attached hydrogens (tertiary/aromatic N) is 3. The number of azo groups is 1. The van der Waals surface area contributed by atoms with Gasteiger partial charge in [0.25, 0.3) is 5.91 Å². The van der Waals surface area contributed by atoms with Crippen LogP contribution in [-0.4, -0.2) is 34.8 Å². The van der Waals surface area contributed by atoms with Gasteiger partial charge in [-0.1, -0.05) is 0 Å². The van der Waals surface area contributed by atoms with E-state index in [1.165, 1.54) is 11.9 Å². The summed E-state index contributed by atoms with van der Waals surface area (Å²) in [6.45, 7) is 7.14. The van der Waals surface area contributed by atoms with Gasteiger partial charge in [0.05, 0.1) is 5.54 Å². The maximum Gasteiger partial charge on any atom is 0.259 e. The summed E-state index contributed by atoms with van der Waals surface area (Å²) < 4.78 is 0. The number of likely N-dealkylation sites (tertiary alicyclic amines) is 1. The van der Waals surface area contributed by atoms with Crippen LogP contribution in [0.2, 0.25) is 0 Å². The van der Waals surface area contributed by atoms with Gasteiger partial charge >= 0.3 is 0 Å². The predicted octanol–water partition coefficient (Wildman–Crippen LogP) is 0.994. The highest BCUT2D eigenvalue weighted by Gasteiger charge is 2.73. The third-order valence-electron chi connectivity index (χ3n) is 4.15. The van der Waals surface area contributed by atoms with Crippen LogP contribution < -0.4 is 0 Å². The minimum atomic E-state index is -1.03. The molecular formula is C10H15N3O2. The first-order chi connectivity index (χ1) is 6.68. The molecule has 0 aromatic carbocycles. The number of carbonyl (C=O) groups is 2. The lowest BCUT2D eigenvalue weighted by Gasteiger charge is -2.35. The molecule has 0 aliphatic carbocycles. The van der Waals surface area contributed by atoms with Crippen LogP contribution in [0.5, 0.6) is 0 Å². The fraction of sp³-hybridized carbons (Fsp3) is 0.800. The van der Waals surface area contributed by atoms with Crippen molar-refractivity contribution >= 4 is 11.8 Å². The fourth-order valence-electron chi connectivity index (χ4n) is 2.50. The Kier molecular flexibility index (Phi) is 1.56. The number of hydrogen-bond donors (Lipinski definition) is 0. The average Bonchev–Trinajstić information content (AvgIpc) is 2.43. The number of amides is 2. The molecule has 82 valence electrons. The van der Waals surface area contributed by atoms with E-state index in [9.17, 15) is 9.59 Å². The number of imide groups is 1. The van der Waals surface area contributed by atoms with E-state index in [1.807, 2.05) is 13.8 Å². The molecule has 0 spiro atoms. The van der Waals surface area contributed by atoms with Gasteiger partial charge in [-0.05, 0) is 27.7 Å². The van der Waals surface area contributed by atoms with Gasteiger partial charge in [0.2, 0.25) is 5.91 Å². The van der Waals surface area contributed by atoms with Gasteiger partial charge in [-0.2, -0.15) is 10.2 Å². The molecule has 2 aliphatic rings. The molecule has 2 heterocycles. The monoisotopic (exact) mass is 209 g/mol. The lowest BCUT2D eigenvalue weighted by Crippen LogP contribution is -2.52. The maximum atomic E-state index is 12.1. The topological polar surface area (TPSA) is 62.1 Å². The predicted molar refractivity (Wildman–Crippen MR) is 53.2 cm³/mol. The van der Waals surface area contributed by atoms with E-state index < -0.39 is 16.5 Å². The lowest BCUT2D eigenvalue weighted by atomic mass is 9.64. The summed E-state index contributed by atoms with van der Waals surface area (Å²) in [5.74, 6) is -0.450. The van der Waals surface area contributed by atoms with Crippen LogP contribution in [0.15, 0.2) is 10.2 Å².